The molecular weight excluding hydrogens is 460 g/mol. The summed E-state index contributed by atoms with van der Waals surface area (Å²) in [5.74, 6) is 0.0407. The van der Waals surface area contributed by atoms with Crippen molar-refractivity contribution in [2.45, 2.75) is 12.1 Å². The molecule has 4 N–H and O–H groups in total. The number of carbonyl (C=O) groups excluding carboxylic acids is 2. The lowest BCUT2D eigenvalue weighted by molar-refractivity contribution is -0.114. The summed E-state index contributed by atoms with van der Waals surface area (Å²) in [6, 6.07) is 18.7. The molecule has 0 fully saturated rings. The molecule has 0 saturated carbocycles. The molecule has 0 radical (unpaired) electrons. The summed E-state index contributed by atoms with van der Waals surface area (Å²) < 4.78 is 0. The van der Waals surface area contributed by atoms with Crippen LogP contribution in [0.2, 0.25) is 0 Å². The number of hydrogen-bond acceptors (Lipinski definition) is 5. The molecule has 5 rings (SSSR count). The Bertz CT molecular complexity index is 1550. The number of H-pyrrole nitrogens is 2. The van der Waals surface area contributed by atoms with Crippen molar-refractivity contribution in [1.29, 1.82) is 0 Å². The third kappa shape index (κ3) is 4.53. The monoisotopic (exact) mass is 482 g/mol. The summed E-state index contributed by atoms with van der Waals surface area (Å²) in [6.45, 7) is 1.44. The van der Waals surface area contributed by atoms with Crippen LogP contribution in [0.4, 0.5) is 11.5 Å². The summed E-state index contributed by atoms with van der Waals surface area (Å²) in [5, 5.41) is 7.37. The van der Waals surface area contributed by atoms with E-state index >= 15 is 0 Å². The molecule has 8 nitrogen and oxygen atoms in total. The van der Waals surface area contributed by atoms with Gasteiger partial charge in [-0.2, -0.15) is 0 Å². The van der Waals surface area contributed by atoms with Gasteiger partial charge in [-0.15, -0.1) is 0 Å². The van der Waals surface area contributed by atoms with E-state index in [2.05, 4.69) is 25.6 Å². The van der Waals surface area contributed by atoms with Crippen molar-refractivity contribution in [3.63, 3.8) is 0 Å². The molecule has 0 bridgehead atoms. The quantitative estimate of drug-likeness (QED) is 0.237. The molecule has 5 aromatic rings. The zero-order valence-corrected chi connectivity index (χ0v) is 19.9. The van der Waals surface area contributed by atoms with Gasteiger partial charge in [-0.25, -0.2) is 9.97 Å². The maximum absolute atomic E-state index is 13.3. The van der Waals surface area contributed by atoms with Crippen LogP contribution in [0.25, 0.3) is 33.4 Å². The highest BCUT2D eigenvalue weighted by atomic mass is 32.2. The van der Waals surface area contributed by atoms with E-state index in [1.54, 1.807) is 18.3 Å². The Balaban J connectivity index is 1.56. The molecule has 0 aliphatic rings. The summed E-state index contributed by atoms with van der Waals surface area (Å²) in [4.78, 5) is 40.3. The highest BCUT2D eigenvalue weighted by Gasteiger charge is 2.19. The predicted octanol–water partition coefficient (Wildman–Crippen LogP) is 5.55. The second kappa shape index (κ2) is 9.47. The first kappa shape index (κ1) is 22.4. The Kier molecular flexibility index (Phi) is 6.07. The largest absolute Gasteiger partial charge is 0.361 e. The van der Waals surface area contributed by atoms with Crippen LogP contribution in [0.5, 0.6) is 0 Å². The van der Waals surface area contributed by atoms with Crippen molar-refractivity contribution in [3.8, 4) is 22.5 Å². The molecule has 3 heterocycles. The van der Waals surface area contributed by atoms with Gasteiger partial charge in [0, 0.05) is 46.9 Å². The zero-order valence-electron chi connectivity index (χ0n) is 19.0. The number of pyridine rings is 1. The highest BCUT2D eigenvalue weighted by molar-refractivity contribution is 7.98. The minimum absolute atomic E-state index is 0.199. The molecule has 0 unspecified atom stereocenters. The Morgan fingerprint density at radius 3 is 2.69 bits per heavy atom. The average Bonchev–Trinajstić information content (AvgIpc) is 3.51. The van der Waals surface area contributed by atoms with Crippen molar-refractivity contribution in [3.05, 3.63) is 78.6 Å². The molecule has 35 heavy (non-hydrogen) atoms. The van der Waals surface area contributed by atoms with Gasteiger partial charge in [0.05, 0.1) is 17.1 Å². The van der Waals surface area contributed by atoms with Gasteiger partial charge in [0.2, 0.25) is 5.91 Å². The van der Waals surface area contributed by atoms with E-state index in [9.17, 15) is 9.59 Å². The van der Waals surface area contributed by atoms with Crippen molar-refractivity contribution >= 4 is 46.0 Å². The smallest absolute Gasteiger partial charge is 0.256 e. The summed E-state index contributed by atoms with van der Waals surface area (Å²) >= 11 is 1.48. The molecular formula is C26H22N6O2S. The molecule has 0 aliphatic carbocycles. The number of hydrogen-bond donors (Lipinski definition) is 4. The zero-order chi connectivity index (χ0) is 24.4. The number of aromatic nitrogens is 4. The number of rotatable bonds is 6. The number of imidazole rings is 1. The van der Waals surface area contributed by atoms with Crippen LogP contribution in [-0.4, -0.2) is 38.0 Å². The molecule has 9 heteroatoms. The summed E-state index contributed by atoms with van der Waals surface area (Å²) in [7, 11) is 0. The van der Waals surface area contributed by atoms with Gasteiger partial charge < -0.3 is 20.6 Å². The van der Waals surface area contributed by atoms with Crippen molar-refractivity contribution < 1.29 is 9.59 Å². The Morgan fingerprint density at radius 1 is 1.00 bits per heavy atom. The van der Waals surface area contributed by atoms with Crippen LogP contribution in [0.15, 0.2) is 78.2 Å². The summed E-state index contributed by atoms with van der Waals surface area (Å²) in [5.41, 5.74) is 5.15. The number of anilines is 2. The van der Waals surface area contributed by atoms with Gasteiger partial charge in [0.1, 0.15) is 5.82 Å². The Morgan fingerprint density at radius 2 is 1.86 bits per heavy atom. The topological polar surface area (TPSA) is 116 Å². The van der Waals surface area contributed by atoms with Crippen LogP contribution >= 0.6 is 11.8 Å². The van der Waals surface area contributed by atoms with Crippen LogP contribution in [0.3, 0.4) is 0 Å². The number of benzene rings is 2. The van der Waals surface area contributed by atoms with Gasteiger partial charge in [-0.1, -0.05) is 36.0 Å². The number of amides is 2. The highest BCUT2D eigenvalue weighted by Crippen LogP contribution is 2.37. The molecule has 0 saturated heterocycles. The van der Waals surface area contributed by atoms with Crippen molar-refractivity contribution in [2.75, 3.05) is 16.9 Å². The van der Waals surface area contributed by atoms with E-state index in [-0.39, 0.29) is 11.8 Å². The van der Waals surface area contributed by atoms with Crippen LogP contribution < -0.4 is 10.6 Å². The predicted molar refractivity (Wildman–Crippen MR) is 140 cm³/mol. The van der Waals surface area contributed by atoms with Gasteiger partial charge in [-0.05, 0) is 42.7 Å². The number of para-hydroxylation sites is 1. The van der Waals surface area contributed by atoms with E-state index < -0.39 is 0 Å². The number of aromatic amines is 2. The van der Waals surface area contributed by atoms with Gasteiger partial charge in [-0.3, -0.25) is 9.59 Å². The molecule has 174 valence electrons. The molecule has 0 aliphatic heterocycles. The third-order valence-electron chi connectivity index (χ3n) is 5.50. The lowest BCUT2D eigenvalue weighted by atomic mass is 10.0. The fourth-order valence-corrected chi connectivity index (χ4v) is 4.35. The lowest BCUT2D eigenvalue weighted by Crippen LogP contribution is -2.13. The first-order chi connectivity index (χ1) is 17.0. The van der Waals surface area contributed by atoms with Gasteiger partial charge in [0.15, 0.2) is 5.16 Å². The van der Waals surface area contributed by atoms with E-state index in [1.807, 2.05) is 61.0 Å². The number of nitrogens with one attached hydrogen (secondary N) is 4. The number of fused-ring (bicyclic) bond motifs is 1. The first-order valence-corrected chi connectivity index (χ1v) is 12.1. The van der Waals surface area contributed by atoms with Crippen molar-refractivity contribution in [2.24, 2.45) is 0 Å². The van der Waals surface area contributed by atoms with E-state index in [0.717, 1.165) is 32.9 Å². The second-order valence-electron chi connectivity index (χ2n) is 7.82. The Labute approximate surface area is 205 Å². The molecule has 0 spiro atoms. The first-order valence-electron chi connectivity index (χ1n) is 10.9. The van der Waals surface area contributed by atoms with Gasteiger partial charge in [0.25, 0.3) is 5.91 Å². The summed E-state index contributed by atoms with van der Waals surface area (Å²) in [6.07, 6.45) is 5.39. The number of thioether (sulfide) groups is 1. The fourth-order valence-electron chi connectivity index (χ4n) is 3.96. The third-order valence-corrected chi connectivity index (χ3v) is 6.08. The number of nitrogens with zero attached hydrogens (tertiary/aromatic N) is 2. The lowest BCUT2D eigenvalue weighted by Gasteiger charge is -2.12. The van der Waals surface area contributed by atoms with Crippen LogP contribution in [-0.2, 0) is 4.79 Å². The molecule has 2 aromatic carbocycles. The SMILES string of the molecule is CSc1nc(-c2ccccc2NC(=O)c2cccc3[nH]ccc23)c(-c2ccnc(NC(C)=O)c2)[nH]1. The second-order valence-corrected chi connectivity index (χ2v) is 8.62. The fraction of sp³-hybridized carbons (Fsp3) is 0.0769. The minimum atomic E-state index is -0.207. The van der Waals surface area contributed by atoms with Crippen LogP contribution in [0.1, 0.15) is 17.3 Å². The maximum atomic E-state index is 13.3. The van der Waals surface area contributed by atoms with Crippen LogP contribution in [0, 0.1) is 0 Å². The van der Waals surface area contributed by atoms with Crippen molar-refractivity contribution in [1.82, 2.24) is 19.9 Å². The van der Waals surface area contributed by atoms with E-state index in [4.69, 9.17) is 4.98 Å². The molecule has 2 amide bonds. The standard InChI is InChI=1S/C26H22N6O2S/c1-15(33)29-22-14-16(10-12-28-22)23-24(32-26(31-23)35-2)19-6-3-4-8-21(19)30-25(34)18-7-5-9-20-17(18)11-13-27-20/h3-14,27H,1-2H3,(H,30,34)(H,31,32)(H,28,29,33). The number of carbonyl (C=O) groups is 2. The van der Waals surface area contributed by atoms with E-state index in [1.165, 1.54) is 18.7 Å². The maximum Gasteiger partial charge on any atom is 0.256 e. The normalized spacial score (nSPS) is 10.9. The minimum Gasteiger partial charge on any atom is -0.361 e. The molecule has 3 aromatic heterocycles. The Hall–Kier alpha value is -4.37. The average molecular weight is 483 g/mol. The van der Waals surface area contributed by atoms with E-state index in [0.29, 0.717) is 22.8 Å². The molecule has 0 atom stereocenters. The van der Waals surface area contributed by atoms with Gasteiger partial charge >= 0.3 is 0 Å².